The van der Waals surface area contributed by atoms with Gasteiger partial charge in [-0.05, 0) is 37.2 Å². The topological polar surface area (TPSA) is 84.3 Å². The minimum absolute atomic E-state index is 0.00536. The Morgan fingerprint density at radius 1 is 1.50 bits per heavy atom. The molecule has 0 radical (unpaired) electrons. The fourth-order valence-corrected chi connectivity index (χ4v) is 1.97. The number of rotatable bonds is 4. The molecule has 2 N–H and O–H groups in total. The van der Waals surface area contributed by atoms with E-state index in [4.69, 9.17) is 23.8 Å². The molecule has 0 fully saturated rings. The summed E-state index contributed by atoms with van der Waals surface area (Å²) in [7, 11) is 0. The third-order valence-corrected chi connectivity index (χ3v) is 2.98. The van der Waals surface area contributed by atoms with Gasteiger partial charge in [0.15, 0.2) is 5.11 Å². The fraction of sp³-hybridized carbons (Fsp3) is 0.333. The molecule has 1 aromatic carbocycles. The summed E-state index contributed by atoms with van der Waals surface area (Å²) in [5.74, 6) is -0.185. The van der Waals surface area contributed by atoms with Crippen LogP contribution in [0.3, 0.4) is 0 Å². The van der Waals surface area contributed by atoms with E-state index in [2.05, 4.69) is 10.6 Å². The first kappa shape index (κ1) is 16.3. The summed E-state index contributed by atoms with van der Waals surface area (Å²) >= 11 is 10.8. The van der Waals surface area contributed by atoms with Gasteiger partial charge in [0.05, 0.1) is 4.92 Å². The smallest absolute Gasteiger partial charge is 0.288 e. The number of nitro groups is 1. The number of nitro benzene ring substituents is 1. The quantitative estimate of drug-likeness (QED) is 0.506. The van der Waals surface area contributed by atoms with Gasteiger partial charge >= 0.3 is 0 Å². The maximum Gasteiger partial charge on any atom is 0.288 e. The van der Waals surface area contributed by atoms with Gasteiger partial charge in [-0.15, -0.1) is 0 Å². The summed E-state index contributed by atoms with van der Waals surface area (Å²) in [5.41, 5.74) is 0.950. The van der Waals surface area contributed by atoms with Gasteiger partial charge in [0.25, 0.3) is 5.69 Å². The number of carbonyl (C=O) groups excluding carboxylic acids is 1. The zero-order valence-corrected chi connectivity index (χ0v) is 12.6. The third-order valence-electron chi connectivity index (χ3n) is 2.47. The molecular formula is C12H14ClN3O3S. The van der Waals surface area contributed by atoms with Crippen molar-refractivity contribution in [2.45, 2.75) is 26.7 Å². The van der Waals surface area contributed by atoms with E-state index in [1.807, 2.05) is 6.92 Å². The number of nitrogens with one attached hydrogen (secondary N) is 2. The molecule has 0 bridgehead atoms. The van der Waals surface area contributed by atoms with Gasteiger partial charge in [0, 0.05) is 18.2 Å². The summed E-state index contributed by atoms with van der Waals surface area (Å²) in [6.07, 6.45) is 1.10. The molecular weight excluding hydrogens is 302 g/mol. The average Bonchev–Trinajstić information content (AvgIpc) is 2.33. The monoisotopic (exact) mass is 315 g/mol. The summed E-state index contributed by atoms with van der Waals surface area (Å²) in [6, 6.07) is 2.76. The van der Waals surface area contributed by atoms with Gasteiger partial charge < -0.3 is 10.6 Å². The number of thiocarbonyl (C=S) groups is 1. The van der Waals surface area contributed by atoms with Crippen molar-refractivity contribution in [2.75, 3.05) is 5.32 Å². The molecule has 0 atom stereocenters. The normalized spacial score (nSPS) is 9.95. The fourth-order valence-electron chi connectivity index (χ4n) is 1.51. The van der Waals surface area contributed by atoms with Gasteiger partial charge in [-0.3, -0.25) is 14.9 Å². The lowest BCUT2D eigenvalue weighted by Crippen LogP contribution is -2.34. The van der Waals surface area contributed by atoms with Gasteiger partial charge in [-0.2, -0.15) is 0 Å². The van der Waals surface area contributed by atoms with Crippen molar-refractivity contribution in [3.63, 3.8) is 0 Å². The maximum absolute atomic E-state index is 11.4. The first-order valence-corrected chi connectivity index (χ1v) is 6.69. The molecule has 20 heavy (non-hydrogen) atoms. The third kappa shape index (κ3) is 4.43. The Kier molecular flexibility index (Phi) is 5.84. The molecule has 0 aliphatic carbocycles. The van der Waals surface area contributed by atoms with Crippen molar-refractivity contribution in [1.82, 2.24) is 5.32 Å². The number of nitrogens with zero attached hydrogens (tertiary/aromatic N) is 1. The SMILES string of the molecule is CCCC(=O)NC(=S)Nc1cc(Cl)c([N+](=O)[O-])cc1C. The highest BCUT2D eigenvalue weighted by atomic mass is 35.5. The lowest BCUT2D eigenvalue weighted by molar-refractivity contribution is -0.384. The van der Waals surface area contributed by atoms with Crippen LogP contribution in [0.2, 0.25) is 5.02 Å². The Labute approximate surface area is 126 Å². The van der Waals surface area contributed by atoms with Crippen molar-refractivity contribution >= 4 is 46.2 Å². The minimum Gasteiger partial charge on any atom is -0.332 e. The molecule has 1 aromatic rings. The number of benzene rings is 1. The lowest BCUT2D eigenvalue weighted by Gasteiger charge is -2.12. The van der Waals surface area contributed by atoms with E-state index in [1.165, 1.54) is 12.1 Å². The second-order valence-electron chi connectivity index (χ2n) is 4.13. The molecule has 0 aliphatic rings. The van der Waals surface area contributed by atoms with E-state index in [-0.39, 0.29) is 21.7 Å². The Morgan fingerprint density at radius 2 is 2.15 bits per heavy atom. The molecule has 0 aromatic heterocycles. The van der Waals surface area contributed by atoms with Crippen LogP contribution in [0, 0.1) is 17.0 Å². The predicted molar refractivity (Wildman–Crippen MR) is 82.1 cm³/mol. The van der Waals surface area contributed by atoms with Gasteiger partial charge in [-0.25, -0.2) is 0 Å². The second-order valence-corrected chi connectivity index (χ2v) is 4.94. The highest BCUT2D eigenvalue weighted by molar-refractivity contribution is 7.80. The van der Waals surface area contributed by atoms with Crippen LogP contribution in [0.25, 0.3) is 0 Å². The average molecular weight is 316 g/mol. The Hall–Kier alpha value is -1.73. The van der Waals surface area contributed by atoms with Gasteiger partial charge in [0.1, 0.15) is 5.02 Å². The number of halogens is 1. The number of hydrogen-bond acceptors (Lipinski definition) is 4. The molecule has 0 saturated carbocycles. The van der Waals surface area contributed by atoms with Crippen molar-refractivity contribution in [3.8, 4) is 0 Å². The molecule has 0 aliphatic heterocycles. The molecule has 0 heterocycles. The number of carbonyl (C=O) groups is 1. The highest BCUT2D eigenvalue weighted by Gasteiger charge is 2.15. The summed E-state index contributed by atoms with van der Waals surface area (Å²) in [4.78, 5) is 21.6. The first-order valence-electron chi connectivity index (χ1n) is 5.90. The minimum atomic E-state index is -0.555. The van der Waals surface area contributed by atoms with Gasteiger partial charge in [0.2, 0.25) is 5.91 Å². The summed E-state index contributed by atoms with van der Waals surface area (Å²) in [6.45, 7) is 3.57. The zero-order chi connectivity index (χ0) is 15.3. The molecule has 1 amide bonds. The molecule has 0 unspecified atom stereocenters. The van der Waals surface area contributed by atoms with E-state index >= 15 is 0 Å². The molecule has 6 nitrogen and oxygen atoms in total. The van der Waals surface area contributed by atoms with Crippen LogP contribution in [0.15, 0.2) is 12.1 Å². The molecule has 0 saturated heterocycles. The highest BCUT2D eigenvalue weighted by Crippen LogP contribution is 2.30. The van der Waals surface area contributed by atoms with Crippen molar-refractivity contribution in [2.24, 2.45) is 0 Å². The van der Waals surface area contributed by atoms with E-state index < -0.39 is 4.92 Å². The standard InChI is InChI=1S/C12H14ClN3O3S/c1-3-4-11(17)15-12(20)14-9-6-8(13)10(16(18)19)5-7(9)2/h5-6H,3-4H2,1-2H3,(H2,14,15,17,20). The Balaban J connectivity index is 2.83. The van der Waals surface area contributed by atoms with E-state index in [0.29, 0.717) is 17.7 Å². The first-order chi connectivity index (χ1) is 9.35. The predicted octanol–water partition coefficient (Wildman–Crippen LogP) is 3.17. The molecule has 0 spiro atoms. The van der Waals surface area contributed by atoms with Crippen LogP contribution in [0.1, 0.15) is 25.3 Å². The van der Waals surface area contributed by atoms with Crippen molar-refractivity contribution in [3.05, 3.63) is 32.8 Å². The number of hydrogen-bond donors (Lipinski definition) is 2. The van der Waals surface area contributed by atoms with Crippen LogP contribution in [-0.4, -0.2) is 15.9 Å². The van der Waals surface area contributed by atoms with E-state index in [9.17, 15) is 14.9 Å². The van der Waals surface area contributed by atoms with E-state index in [0.717, 1.165) is 6.42 Å². The number of anilines is 1. The molecule has 8 heteroatoms. The number of amides is 1. The zero-order valence-electron chi connectivity index (χ0n) is 11.0. The summed E-state index contributed by atoms with van der Waals surface area (Å²) < 4.78 is 0. The van der Waals surface area contributed by atoms with Crippen LogP contribution >= 0.6 is 23.8 Å². The second kappa shape index (κ2) is 7.16. The van der Waals surface area contributed by atoms with Crippen molar-refractivity contribution < 1.29 is 9.72 Å². The lowest BCUT2D eigenvalue weighted by atomic mass is 10.2. The van der Waals surface area contributed by atoms with Crippen LogP contribution < -0.4 is 10.6 Å². The largest absolute Gasteiger partial charge is 0.332 e. The van der Waals surface area contributed by atoms with Gasteiger partial charge in [-0.1, -0.05) is 18.5 Å². The Morgan fingerprint density at radius 3 is 2.70 bits per heavy atom. The van der Waals surface area contributed by atoms with Crippen LogP contribution in [0.5, 0.6) is 0 Å². The van der Waals surface area contributed by atoms with E-state index in [1.54, 1.807) is 6.92 Å². The molecule has 108 valence electrons. The molecule has 1 rings (SSSR count). The number of aryl methyl sites for hydroxylation is 1. The van der Waals surface area contributed by atoms with Crippen LogP contribution in [-0.2, 0) is 4.79 Å². The van der Waals surface area contributed by atoms with Crippen molar-refractivity contribution in [1.29, 1.82) is 0 Å². The van der Waals surface area contributed by atoms with Crippen LogP contribution in [0.4, 0.5) is 11.4 Å². The summed E-state index contributed by atoms with van der Waals surface area (Å²) in [5, 5.41) is 16.2. The maximum atomic E-state index is 11.4. The Bertz CT molecular complexity index is 563.